The summed E-state index contributed by atoms with van der Waals surface area (Å²) in [4.78, 5) is 29.0. The number of hydrogen-bond donors (Lipinski definition) is 0. The summed E-state index contributed by atoms with van der Waals surface area (Å²) in [5.41, 5.74) is 1.33. The van der Waals surface area contributed by atoms with Gasteiger partial charge in [0.1, 0.15) is 5.69 Å². The summed E-state index contributed by atoms with van der Waals surface area (Å²) < 4.78 is 5.63. The fourth-order valence-electron chi connectivity index (χ4n) is 2.75. The molecule has 1 aliphatic heterocycles. The molecule has 0 bridgehead atoms. The van der Waals surface area contributed by atoms with Gasteiger partial charge in [0.15, 0.2) is 5.78 Å². The van der Waals surface area contributed by atoms with E-state index in [0.717, 1.165) is 0 Å². The Morgan fingerprint density at radius 2 is 2.05 bits per heavy atom. The first-order valence-corrected chi connectivity index (χ1v) is 6.51. The minimum Gasteiger partial charge on any atom is -0.370 e. The average molecular weight is 278 g/mol. The van der Waals surface area contributed by atoms with Crippen molar-refractivity contribution in [1.29, 1.82) is 0 Å². The fourth-order valence-corrected chi connectivity index (χ4v) is 2.98. The van der Waals surface area contributed by atoms with Crippen LogP contribution in [0.25, 0.3) is 0 Å². The Kier molecular flexibility index (Phi) is 2.80. The Bertz CT molecular complexity index is 636. The van der Waals surface area contributed by atoms with Gasteiger partial charge in [-0.2, -0.15) is 0 Å². The zero-order chi connectivity index (χ0) is 13.7. The normalized spacial score (nSPS) is 26.3. The van der Waals surface area contributed by atoms with Crippen molar-refractivity contribution in [2.75, 3.05) is 0 Å². The molecule has 0 spiro atoms. The van der Waals surface area contributed by atoms with Crippen molar-refractivity contribution in [2.45, 2.75) is 32.5 Å². The van der Waals surface area contributed by atoms with E-state index in [4.69, 9.17) is 16.3 Å². The lowest BCUT2D eigenvalue weighted by Crippen LogP contribution is -2.36. The van der Waals surface area contributed by atoms with Gasteiger partial charge >= 0.3 is 0 Å². The Labute approximate surface area is 115 Å². The molecule has 3 rings (SSSR count). The van der Waals surface area contributed by atoms with E-state index >= 15 is 0 Å². The van der Waals surface area contributed by atoms with Crippen LogP contribution in [0.15, 0.2) is 23.4 Å². The van der Waals surface area contributed by atoms with E-state index in [9.17, 15) is 9.59 Å². The molecule has 0 saturated carbocycles. The molecule has 2 heterocycles. The molecule has 1 aromatic rings. The predicted molar refractivity (Wildman–Crippen MR) is 69.6 cm³/mol. The van der Waals surface area contributed by atoms with Crippen LogP contribution in [0.1, 0.15) is 41.1 Å². The maximum absolute atomic E-state index is 12.5. The predicted octanol–water partition coefficient (Wildman–Crippen LogP) is 2.61. The number of rotatable bonds is 0. The Balaban J connectivity index is 2.24. The van der Waals surface area contributed by atoms with Crippen LogP contribution < -0.4 is 0 Å². The lowest BCUT2D eigenvalue weighted by atomic mass is 9.81. The summed E-state index contributed by atoms with van der Waals surface area (Å²) in [6.45, 7) is 3.67. The van der Waals surface area contributed by atoms with Gasteiger partial charge in [0.2, 0.25) is 5.78 Å². The van der Waals surface area contributed by atoms with Crippen LogP contribution in [-0.2, 0) is 4.74 Å². The number of carbonyl (C=O) groups excluding carboxylic acids is 2. The highest BCUT2D eigenvalue weighted by Gasteiger charge is 2.40. The third-order valence-electron chi connectivity index (χ3n) is 3.52. The highest BCUT2D eigenvalue weighted by Crippen LogP contribution is 2.37. The van der Waals surface area contributed by atoms with Crippen molar-refractivity contribution in [3.05, 3.63) is 39.7 Å². The lowest BCUT2D eigenvalue weighted by Gasteiger charge is -2.32. The van der Waals surface area contributed by atoms with Crippen LogP contribution in [0.3, 0.4) is 0 Å². The molecule has 2 atom stereocenters. The molecule has 0 saturated heterocycles. The van der Waals surface area contributed by atoms with Crippen LogP contribution in [0.4, 0.5) is 0 Å². The Morgan fingerprint density at radius 3 is 2.79 bits per heavy atom. The number of aromatic nitrogens is 1. The molecule has 0 radical (unpaired) electrons. The number of Topliss-reactive ketones (excluding diaryl/α,β-unsaturated/α-hetero) is 2. The number of halogens is 1. The summed E-state index contributed by atoms with van der Waals surface area (Å²) >= 11 is 6.03. The van der Waals surface area contributed by atoms with Gasteiger partial charge in [0, 0.05) is 23.8 Å². The second kappa shape index (κ2) is 4.25. The molecule has 0 unspecified atom stereocenters. The quantitative estimate of drug-likeness (QED) is 0.731. The van der Waals surface area contributed by atoms with Gasteiger partial charge in [-0.1, -0.05) is 11.6 Å². The standard InChI is InChI=1S/C14H12ClNO3/c1-6-5-8-10(7(2)19-6)14(18)11-9(15)3-4-16-12(11)13(8)17/h3-4,6-7H,5H2,1-2H3/t6-,7+/m0/s1. The lowest BCUT2D eigenvalue weighted by molar-refractivity contribution is 0.0148. The summed E-state index contributed by atoms with van der Waals surface area (Å²) in [6, 6.07) is 1.52. The molecule has 4 nitrogen and oxygen atoms in total. The van der Waals surface area contributed by atoms with Crippen molar-refractivity contribution >= 4 is 23.2 Å². The van der Waals surface area contributed by atoms with Crippen LogP contribution >= 0.6 is 11.6 Å². The summed E-state index contributed by atoms with van der Waals surface area (Å²) in [5.74, 6) is -0.434. The maximum atomic E-state index is 12.5. The number of carbonyl (C=O) groups is 2. The Hall–Kier alpha value is -1.52. The highest BCUT2D eigenvalue weighted by molar-refractivity contribution is 6.38. The monoisotopic (exact) mass is 277 g/mol. The summed E-state index contributed by atoms with van der Waals surface area (Å²) in [6.07, 6.45) is 1.42. The van der Waals surface area contributed by atoms with E-state index in [-0.39, 0.29) is 40.1 Å². The molecule has 1 aromatic heterocycles. The number of fused-ring (bicyclic) bond motifs is 1. The first-order valence-electron chi connectivity index (χ1n) is 6.13. The molecule has 0 fully saturated rings. The number of pyridine rings is 1. The third-order valence-corrected chi connectivity index (χ3v) is 3.84. The fraction of sp³-hybridized carbons (Fsp3) is 0.357. The van der Waals surface area contributed by atoms with Gasteiger partial charge in [-0.25, -0.2) is 0 Å². The van der Waals surface area contributed by atoms with Crippen LogP contribution in [-0.4, -0.2) is 28.8 Å². The second-order valence-corrected chi connectivity index (χ2v) is 5.27. The van der Waals surface area contributed by atoms with Gasteiger partial charge in [-0.15, -0.1) is 0 Å². The van der Waals surface area contributed by atoms with Crippen LogP contribution in [0.5, 0.6) is 0 Å². The molecule has 0 N–H and O–H groups in total. The zero-order valence-corrected chi connectivity index (χ0v) is 11.3. The van der Waals surface area contributed by atoms with Crippen LogP contribution in [0, 0.1) is 0 Å². The molecule has 19 heavy (non-hydrogen) atoms. The van der Waals surface area contributed by atoms with E-state index in [1.807, 2.05) is 6.92 Å². The molecule has 5 heteroatoms. The highest BCUT2D eigenvalue weighted by atomic mass is 35.5. The van der Waals surface area contributed by atoms with Crippen molar-refractivity contribution in [2.24, 2.45) is 0 Å². The molecular formula is C14H12ClNO3. The number of nitrogens with zero attached hydrogens (tertiary/aromatic N) is 1. The largest absolute Gasteiger partial charge is 0.370 e. The Morgan fingerprint density at radius 1 is 1.32 bits per heavy atom. The SMILES string of the molecule is C[C@H]1CC2=C(C(=O)c3c(Cl)ccnc3C2=O)[C@@H](C)O1. The molecule has 98 valence electrons. The number of ether oxygens (including phenoxy) is 1. The second-order valence-electron chi connectivity index (χ2n) is 4.86. The van der Waals surface area contributed by atoms with E-state index in [0.29, 0.717) is 17.6 Å². The molecule has 2 aliphatic rings. The first kappa shape index (κ1) is 12.5. The van der Waals surface area contributed by atoms with Gasteiger partial charge < -0.3 is 4.74 Å². The van der Waals surface area contributed by atoms with Gasteiger partial charge in [0.25, 0.3) is 0 Å². The zero-order valence-electron chi connectivity index (χ0n) is 10.6. The smallest absolute Gasteiger partial charge is 0.208 e. The van der Waals surface area contributed by atoms with Crippen molar-refractivity contribution < 1.29 is 14.3 Å². The minimum atomic E-state index is -0.389. The van der Waals surface area contributed by atoms with Gasteiger partial charge in [0.05, 0.1) is 22.8 Å². The summed E-state index contributed by atoms with van der Waals surface area (Å²) in [5, 5.41) is 0.265. The first-order chi connectivity index (χ1) is 9.00. The van der Waals surface area contributed by atoms with E-state index < -0.39 is 0 Å². The molecular weight excluding hydrogens is 266 g/mol. The van der Waals surface area contributed by atoms with E-state index in [2.05, 4.69) is 4.98 Å². The minimum absolute atomic E-state index is 0.0776. The third kappa shape index (κ3) is 1.75. The van der Waals surface area contributed by atoms with E-state index in [1.165, 1.54) is 12.3 Å². The van der Waals surface area contributed by atoms with Crippen molar-refractivity contribution in [1.82, 2.24) is 4.98 Å². The van der Waals surface area contributed by atoms with Crippen molar-refractivity contribution in [3.63, 3.8) is 0 Å². The van der Waals surface area contributed by atoms with Crippen LogP contribution in [0.2, 0.25) is 5.02 Å². The van der Waals surface area contributed by atoms with Crippen molar-refractivity contribution in [3.8, 4) is 0 Å². The number of hydrogen-bond acceptors (Lipinski definition) is 4. The summed E-state index contributed by atoms with van der Waals surface area (Å²) in [7, 11) is 0. The molecule has 0 amide bonds. The van der Waals surface area contributed by atoms with Gasteiger partial charge in [-0.3, -0.25) is 14.6 Å². The molecule has 1 aliphatic carbocycles. The number of ketones is 2. The molecule has 0 aromatic carbocycles. The maximum Gasteiger partial charge on any atom is 0.208 e. The average Bonchev–Trinajstić information content (AvgIpc) is 2.34. The topological polar surface area (TPSA) is 56.3 Å². The van der Waals surface area contributed by atoms with E-state index in [1.54, 1.807) is 6.92 Å². The van der Waals surface area contributed by atoms with Gasteiger partial charge in [-0.05, 0) is 19.9 Å².